The summed E-state index contributed by atoms with van der Waals surface area (Å²) in [6.45, 7) is 9.27. The Labute approximate surface area is 139 Å². The first-order chi connectivity index (χ1) is 11.3. The minimum Gasteiger partial charge on any atom is -0.354 e. The Bertz CT molecular complexity index is 499. The van der Waals surface area contributed by atoms with E-state index in [4.69, 9.17) is 0 Å². The highest BCUT2D eigenvalue weighted by atomic mass is 16.2. The maximum absolute atomic E-state index is 11.9. The van der Waals surface area contributed by atoms with Gasteiger partial charge in [-0.15, -0.1) is 0 Å². The van der Waals surface area contributed by atoms with Gasteiger partial charge in [0.1, 0.15) is 5.82 Å². The molecule has 126 valence electrons. The number of hydrogen-bond donors (Lipinski definition) is 0. The second-order valence-corrected chi connectivity index (χ2v) is 6.68. The monoisotopic (exact) mass is 316 g/mol. The fraction of sp³-hybridized carbons (Fsp3) is 0.667. The van der Waals surface area contributed by atoms with Gasteiger partial charge in [0, 0.05) is 58.4 Å². The second-order valence-electron chi connectivity index (χ2n) is 6.68. The van der Waals surface area contributed by atoms with E-state index in [-0.39, 0.29) is 0 Å². The summed E-state index contributed by atoms with van der Waals surface area (Å²) < 4.78 is 0. The van der Waals surface area contributed by atoms with Gasteiger partial charge in [0.15, 0.2) is 0 Å². The van der Waals surface area contributed by atoms with Crippen molar-refractivity contribution < 1.29 is 4.79 Å². The summed E-state index contributed by atoms with van der Waals surface area (Å²) in [5.74, 6) is 2.04. The highest BCUT2D eigenvalue weighted by Crippen LogP contribution is 2.20. The molecule has 2 saturated heterocycles. The number of amides is 1. The van der Waals surface area contributed by atoms with E-state index < -0.39 is 0 Å². The van der Waals surface area contributed by atoms with Crippen LogP contribution in [-0.2, 0) is 4.79 Å². The molecule has 0 saturated carbocycles. The zero-order valence-corrected chi connectivity index (χ0v) is 14.2. The Morgan fingerprint density at radius 3 is 2.74 bits per heavy atom. The van der Waals surface area contributed by atoms with Gasteiger partial charge in [-0.3, -0.25) is 9.69 Å². The Hall–Kier alpha value is -1.62. The normalized spacial score (nSPS) is 23.1. The minimum absolute atomic E-state index is 0.315. The van der Waals surface area contributed by atoms with Crippen molar-refractivity contribution in [3.63, 3.8) is 0 Å². The zero-order chi connectivity index (χ0) is 16.1. The van der Waals surface area contributed by atoms with Gasteiger partial charge in [0.25, 0.3) is 0 Å². The quantitative estimate of drug-likeness (QED) is 0.850. The smallest absolute Gasteiger partial charge is 0.222 e. The van der Waals surface area contributed by atoms with Crippen molar-refractivity contribution >= 4 is 11.7 Å². The van der Waals surface area contributed by atoms with E-state index in [0.29, 0.717) is 18.2 Å². The van der Waals surface area contributed by atoms with E-state index in [9.17, 15) is 4.79 Å². The number of carbonyl (C=O) groups is 1. The Morgan fingerprint density at radius 1 is 1.22 bits per heavy atom. The number of carbonyl (C=O) groups excluding carboxylic acids is 1. The molecule has 0 N–H and O–H groups in total. The summed E-state index contributed by atoms with van der Waals surface area (Å²) >= 11 is 0. The third kappa shape index (κ3) is 4.22. The molecule has 23 heavy (non-hydrogen) atoms. The number of piperidine rings is 1. The van der Waals surface area contributed by atoms with Gasteiger partial charge in [-0.1, -0.05) is 13.0 Å². The molecule has 2 fully saturated rings. The van der Waals surface area contributed by atoms with E-state index in [0.717, 1.165) is 58.1 Å². The van der Waals surface area contributed by atoms with E-state index in [1.165, 1.54) is 6.42 Å². The number of pyridine rings is 1. The SMILES string of the molecule is CCC(=O)N1CCC[C@@H](CN2CCN(c3ccccn3)CC2)C1. The topological polar surface area (TPSA) is 39.7 Å². The molecule has 0 unspecified atom stereocenters. The predicted molar refractivity (Wildman–Crippen MR) is 92.5 cm³/mol. The molecule has 0 aromatic carbocycles. The average Bonchev–Trinajstić information content (AvgIpc) is 2.62. The lowest BCUT2D eigenvalue weighted by molar-refractivity contribution is -0.132. The molecule has 2 aliphatic rings. The Morgan fingerprint density at radius 2 is 2.04 bits per heavy atom. The summed E-state index contributed by atoms with van der Waals surface area (Å²) in [7, 11) is 0. The van der Waals surface area contributed by atoms with Crippen molar-refractivity contribution in [3.8, 4) is 0 Å². The van der Waals surface area contributed by atoms with Gasteiger partial charge < -0.3 is 9.80 Å². The highest BCUT2D eigenvalue weighted by Gasteiger charge is 2.26. The summed E-state index contributed by atoms with van der Waals surface area (Å²) in [5.41, 5.74) is 0. The van der Waals surface area contributed by atoms with Crippen molar-refractivity contribution in [2.75, 3.05) is 50.7 Å². The maximum atomic E-state index is 11.9. The van der Waals surface area contributed by atoms with E-state index in [1.54, 1.807) is 0 Å². The number of rotatable bonds is 4. The van der Waals surface area contributed by atoms with Crippen LogP contribution in [0.4, 0.5) is 5.82 Å². The number of likely N-dealkylation sites (tertiary alicyclic amines) is 1. The molecule has 5 nitrogen and oxygen atoms in total. The molecule has 1 amide bonds. The van der Waals surface area contributed by atoms with Crippen molar-refractivity contribution in [2.24, 2.45) is 5.92 Å². The lowest BCUT2D eigenvalue weighted by Crippen LogP contribution is -2.50. The minimum atomic E-state index is 0.315. The van der Waals surface area contributed by atoms with Crippen LogP contribution in [0.15, 0.2) is 24.4 Å². The van der Waals surface area contributed by atoms with Crippen molar-refractivity contribution in [1.82, 2.24) is 14.8 Å². The first-order valence-corrected chi connectivity index (χ1v) is 8.92. The molecule has 1 atom stereocenters. The number of anilines is 1. The molecule has 3 heterocycles. The molecule has 1 aromatic heterocycles. The lowest BCUT2D eigenvalue weighted by atomic mass is 9.97. The van der Waals surface area contributed by atoms with Crippen LogP contribution in [0.25, 0.3) is 0 Å². The van der Waals surface area contributed by atoms with Crippen LogP contribution in [0, 0.1) is 5.92 Å². The predicted octanol–water partition coefficient (Wildman–Crippen LogP) is 1.85. The fourth-order valence-electron chi connectivity index (χ4n) is 3.73. The first kappa shape index (κ1) is 16.2. The van der Waals surface area contributed by atoms with Crippen LogP contribution in [0.1, 0.15) is 26.2 Å². The number of nitrogens with zero attached hydrogens (tertiary/aromatic N) is 4. The zero-order valence-electron chi connectivity index (χ0n) is 14.2. The average molecular weight is 316 g/mol. The molecule has 0 aliphatic carbocycles. The van der Waals surface area contributed by atoms with Gasteiger partial charge in [0.2, 0.25) is 5.91 Å². The van der Waals surface area contributed by atoms with Gasteiger partial charge in [-0.25, -0.2) is 4.98 Å². The standard InChI is InChI=1S/C18H28N4O/c1-2-18(23)22-9-5-6-16(15-22)14-20-10-12-21(13-11-20)17-7-3-4-8-19-17/h3-4,7-8,16H,2,5-6,9-15H2,1H3/t16-/m0/s1. The van der Waals surface area contributed by atoms with Crippen LogP contribution in [0.2, 0.25) is 0 Å². The molecule has 0 spiro atoms. The van der Waals surface area contributed by atoms with Crippen LogP contribution in [0.3, 0.4) is 0 Å². The van der Waals surface area contributed by atoms with E-state index in [1.807, 2.05) is 19.2 Å². The highest BCUT2D eigenvalue weighted by molar-refractivity contribution is 5.75. The van der Waals surface area contributed by atoms with Crippen LogP contribution < -0.4 is 4.90 Å². The number of piperazine rings is 1. The largest absolute Gasteiger partial charge is 0.354 e. The number of aromatic nitrogens is 1. The molecular formula is C18H28N4O. The summed E-state index contributed by atoms with van der Waals surface area (Å²) in [5, 5.41) is 0. The Kier molecular flexibility index (Phi) is 5.49. The van der Waals surface area contributed by atoms with Crippen molar-refractivity contribution in [3.05, 3.63) is 24.4 Å². The molecule has 1 aromatic rings. The van der Waals surface area contributed by atoms with Crippen LogP contribution in [0.5, 0.6) is 0 Å². The van der Waals surface area contributed by atoms with Gasteiger partial charge in [-0.05, 0) is 30.9 Å². The molecule has 0 radical (unpaired) electrons. The second kappa shape index (κ2) is 7.77. The van der Waals surface area contributed by atoms with Gasteiger partial charge in [0.05, 0.1) is 0 Å². The maximum Gasteiger partial charge on any atom is 0.222 e. The molecular weight excluding hydrogens is 288 g/mol. The van der Waals surface area contributed by atoms with Gasteiger partial charge >= 0.3 is 0 Å². The van der Waals surface area contributed by atoms with Crippen LogP contribution >= 0.6 is 0 Å². The lowest BCUT2D eigenvalue weighted by Gasteiger charge is -2.39. The van der Waals surface area contributed by atoms with E-state index >= 15 is 0 Å². The molecule has 3 rings (SSSR count). The molecule has 0 bridgehead atoms. The summed E-state index contributed by atoms with van der Waals surface area (Å²) in [4.78, 5) is 23.3. The summed E-state index contributed by atoms with van der Waals surface area (Å²) in [6.07, 6.45) is 4.91. The number of hydrogen-bond acceptors (Lipinski definition) is 4. The van der Waals surface area contributed by atoms with Crippen LogP contribution in [-0.4, -0.2) is 66.5 Å². The fourth-order valence-corrected chi connectivity index (χ4v) is 3.73. The van der Waals surface area contributed by atoms with Gasteiger partial charge in [-0.2, -0.15) is 0 Å². The van der Waals surface area contributed by atoms with E-state index in [2.05, 4.69) is 31.8 Å². The third-order valence-electron chi connectivity index (χ3n) is 5.04. The first-order valence-electron chi connectivity index (χ1n) is 8.92. The molecule has 2 aliphatic heterocycles. The van der Waals surface area contributed by atoms with Crippen molar-refractivity contribution in [1.29, 1.82) is 0 Å². The third-order valence-corrected chi connectivity index (χ3v) is 5.04. The van der Waals surface area contributed by atoms with Crippen molar-refractivity contribution in [2.45, 2.75) is 26.2 Å². The molecule has 5 heteroatoms. The summed E-state index contributed by atoms with van der Waals surface area (Å²) in [6, 6.07) is 6.10. The Balaban J connectivity index is 1.46.